The number of ether oxygens (including phenoxy) is 6. The lowest BCUT2D eigenvalue weighted by molar-refractivity contribution is -0.149. The number of esters is 4. The van der Waals surface area contributed by atoms with Gasteiger partial charge in [0, 0.05) is 23.0 Å². The zero-order valence-corrected chi connectivity index (χ0v) is 25.6. The Balaban J connectivity index is 0.949. The number of fused-ring (bicyclic) bond motifs is 6. The van der Waals surface area contributed by atoms with Gasteiger partial charge in [-0.2, -0.15) is 0 Å². The molecule has 0 bridgehead atoms. The van der Waals surface area contributed by atoms with Gasteiger partial charge >= 0.3 is 23.9 Å². The van der Waals surface area contributed by atoms with Crippen molar-refractivity contribution < 1.29 is 47.6 Å². The first-order valence-electron chi connectivity index (χ1n) is 15.8. The topological polar surface area (TPSA) is 130 Å². The Kier molecular flexibility index (Phi) is 8.34. The van der Waals surface area contributed by atoms with E-state index in [9.17, 15) is 19.2 Å². The molecule has 10 nitrogen and oxygen atoms in total. The van der Waals surface area contributed by atoms with E-state index in [1.807, 2.05) is 13.8 Å². The largest absolute Gasteiger partial charge is 0.461 e. The van der Waals surface area contributed by atoms with Gasteiger partial charge in [-0.05, 0) is 76.4 Å². The SMILES string of the molecule is C=C1C(=O)O[C@H]2[C@H]1CC/C(COC(=O)CCC(=O)OC/C1=C/CC[C@@]3(C)O[C@H]3[C@H]3OC(=O)C(=C)[C@@H]3CC1)=C\CC[C@@]1(C)O[C@@H]21. The van der Waals surface area contributed by atoms with Crippen LogP contribution >= 0.6 is 0 Å². The third-order valence-corrected chi connectivity index (χ3v) is 10.2. The van der Waals surface area contributed by atoms with Crippen molar-refractivity contribution in [3.8, 4) is 0 Å². The first kappa shape index (κ1) is 30.8. The highest BCUT2D eigenvalue weighted by Crippen LogP contribution is 2.51. The maximum Gasteiger partial charge on any atom is 0.334 e. The molecule has 8 atom stereocenters. The second-order valence-electron chi connectivity index (χ2n) is 13.4. The summed E-state index contributed by atoms with van der Waals surface area (Å²) in [5.74, 6) is -1.92. The van der Waals surface area contributed by atoms with Crippen molar-refractivity contribution >= 4 is 23.9 Å². The normalized spacial score (nSPS) is 40.3. The van der Waals surface area contributed by atoms with Crippen molar-refractivity contribution in [1.29, 1.82) is 0 Å². The van der Waals surface area contributed by atoms with E-state index in [-0.39, 0.29) is 85.4 Å². The summed E-state index contributed by atoms with van der Waals surface area (Å²) in [7, 11) is 0. The first-order valence-corrected chi connectivity index (χ1v) is 15.8. The van der Waals surface area contributed by atoms with Crippen LogP contribution in [0.25, 0.3) is 0 Å². The van der Waals surface area contributed by atoms with Crippen LogP contribution in [-0.4, -0.2) is 72.7 Å². The van der Waals surface area contributed by atoms with Crippen molar-refractivity contribution in [2.45, 2.75) is 114 Å². The summed E-state index contributed by atoms with van der Waals surface area (Å²) >= 11 is 0. The van der Waals surface area contributed by atoms with Crippen LogP contribution in [0, 0.1) is 11.8 Å². The molecule has 4 heterocycles. The molecule has 6 aliphatic rings. The fourth-order valence-corrected chi connectivity index (χ4v) is 7.20. The van der Waals surface area contributed by atoms with Gasteiger partial charge in [0.2, 0.25) is 0 Å². The monoisotopic (exact) mass is 610 g/mol. The molecule has 0 saturated carbocycles. The zero-order valence-electron chi connectivity index (χ0n) is 25.6. The summed E-state index contributed by atoms with van der Waals surface area (Å²) in [5.41, 5.74) is 2.22. The predicted molar refractivity (Wildman–Crippen MR) is 156 cm³/mol. The molecule has 238 valence electrons. The van der Waals surface area contributed by atoms with Crippen molar-refractivity contribution in [3.63, 3.8) is 0 Å². The van der Waals surface area contributed by atoms with Crippen LogP contribution in [0.3, 0.4) is 0 Å². The predicted octanol–water partition coefficient (Wildman–Crippen LogP) is 4.36. The van der Waals surface area contributed by atoms with Crippen molar-refractivity contribution in [2.24, 2.45) is 11.8 Å². The van der Waals surface area contributed by atoms with Crippen molar-refractivity contribution in [2.75, 3.05) is 13.2 Å². The lowest BCUT2D eigenvalue weighted by atomic mass is 9.84. The summed E-state index contributed by atoms with van der Waals surface area (Å²) in [6.07, 6.45) is 8.84. The van der Waals surface area contributed by atoms with Crippen LogP contribution in [0.15, 0.2) is 47.6 Å². The number of rotatable bonds is 7. The van der Waals surface area contributed by atoms with Crippen LogP contribution < -0.4 is 0 Å². The standard InChI is InChI=1S/C34H42O10/c1-19-23-11-9-21(7-5-15-33(3)29(43-33)27(23)41-31(19)37)17-39-25(35)13-14-26(36)40-18-22-8-6-16-34(4)30(44-34)28-24(12-10-22)20(2)32(38)42-28/h7-8,23-24,27-30H,1-2,5-6,9-18H2,3-4H3/b21-7+,22-8+/t23-,24-,27-,28-,29-,30-,33+,34+/m0/s1. The van der Waals surface area contributed by atoms with Crippen LogP contribution in [0.1, 0.15) is 78.1 Å². The van der Waals surface area contributed by atoms with Gasteiger partial charge in [0.1, 0.15) is 37.6 Å². The van der Waals surface area contributed by atoms with Crippen molar-refractivity contribution in [3.05, 3.63) is 47.6 Å². The average molecular weight is 611 g/mol. The van der Waals surface area contributed by atoms with Gasteiger partial charge in [-0.25, -0.2) is 9.59 Å². The minimum absolute atomic E-state index is 0.0806. The number of allylic oxidation sites excluding steroid dienone is 2. The number of carbonyl (C=O) groups is 4. The highest BCUT2D eigenvalue weighted by atomic mass is 16.7. The minimum atomic E-state index is -0.472. The summed E-state index contributed by atoms with van der Waals surface area (Å²) in [6, 6.07) is 0. The second-order valence-corrected chi connectivity index (χ2v) is 13.4. The Labute approximate surface area is 257 Å². The Morgan fingerprint density at radius 3 is 1.59 bits per heavy atom. The van der Waals surface area contributed by atoms with Crippen LogP contribution in [0.4, 0.5) is 0 Å². The second kappa shape index (κ2) is 11.9. The summed E-state index contributed by atoms with van der Waals surface area (Å²) in [6.45, 7) is 12.2. The summed E-state index contributed by atoms with van der Waals surface area (Å²) in [5, 5.41) is 0. The minimum Gasteiger partial charge on any atom is -0.461 e. The Bertz CT molecular complexity index is 1230. The van der Waals surface area contributed by atoms with Gasteiger partial charge in [-0.15, -0.1) is 0 Å². The van der Waals surface area contributed by atoms with E-state index in [0.717, 1.165) is 36.8 Å². The number of hydrogen-bond donors (Lipinski definition) is 0. The fourth-order valence-electron chi connectivity index (χ4n) is 7.20. The highest BCUT2D eigenvalue weighted by molar-refractivity contribution is 5.91. The lowest BCUT2D eigenvalue weighted by Crippen LogP contribution is -2.29. The maximum absolute atomic E-state index is 12.5. The molecule has 44 heavy (non-hydrogen) atoms. The molecule has 4 aliphatic heterocycles. The van der Waals surface area contributed by atoms with Gasteiger partial charge in [-0.1, -0.05) is 25.3 Å². The van der Waals surface area contributed by atoms with E-state index in [4.69, 9.17) is 28.4 Å². The van der Waals surface area contributed by atoms with E-state index < -0.39 is 11.9 Å². The maximum atomic E-state index is 12.5. The molecule has 0 aromatic heterocycles. The van der Waals surface area contributed by atoms with Crippen LogP contribution in [0.5, 0.6) is 0 Å². The molecule has 10 heteroatoms. The average Bonchev–Trinajstić information content (AvgIpc) is 3.80. The van der Waals surface area contributed by atoms with Gasteiger partial charge in [-0.3, -0.25) is 9.59 Å². The molecule has 2 aliphatic carbocycles. The van der Waals surface area contributed by atoms with E-state index >= 15 is 0 Å². The van der Waals surface area contributed by atoms with E-state index in [2.05, 4.69) is 25.3 Å². The molecule has 0 aromatic carbocycles. The van der Waals surface area contributed by atoms with Gasteiger partial charge in [0.05, 0.1) is 24.0 Å². The molecule has 6 rings (SSSR count). The quantitative estimate of drug-likeness (QED) is 0.135. The molecule has 4 fully saturated rings. The van der Waals surface area contributed by atoms with E-state index in [1.165, 1.54) is 0 Å². The molecular weight excluding hydrogens is 568 g/mol. The summed E-state index contributed by atoms with van der Waals surface area (Å²) < 4.78 is 34.1. The van der Waals surface area contributed by atoms with Gasteiger partial charge in [0.15, 0.2) is 0 Å². The van der Waals surface area contributed by atoms with E-state index in [1.54, 1.807) is 0 Å². The first-order chi connectivity index (χ1) is 21.0. The molecule has 4 saturated heterocycles. The van der Waals surface area contributed by atoms with Gasteiger partial charge in [0.25, 0.3) is 0 Å². The highest BCUT2D eigenvalue weighted by Gasteiger charge is 2.62. The van der Waals surface area contributed by atoms with Crippen molar-refractivity contribution in [1.82, 2.24) is 0 Å². The molecule has 0 amide bonds. The van der Waals surface area contributed by atoms with E-state index in [0.29, 0.717) is 36.8 Å². The Hall–Kier alpha value is -3.24. The van der Waals surface area contributed by atoms with Crippen LogP contribution in [-0.2, 0) is 47.6 Å². The molecule has 0 unspecified atom stereocenters. The molecule has 0 N–H and O–H groups in total. The Morgan fingerprint density at radius 2 is 1.18 bits per heavy atom. The number of epoxide rings is 2. The fraction of sp³-hybridized carbons (Fsp3) is 0.647. The number of hydrogen-bond acceptors (Lipinski definition) is 10. The smallest absolute Gasteiger partial charge is 0.334 e. The number of carbonyl (C=O) groups excluding carboxylic acids is 4. The molecular formula is C34H42O10. The Morgan fingerprint density at radius 1 is 0.773 bits per heavy atom. The van der Waals surface area contributed by atoms with Crippen LogP contribution in [0.2, 0.25) is 0 Å². The molecule has 0 spiro atoms. The lowest BCUT2D eigenvalue weighted by Gasteiger charge is -2.20. The molecule has 0 aromatic rings. The summed E-state index contributed by atoms with van der Waals surface area (Å²) in [4.78, 5) is 49.4. The van der Waals surface area contributed by atoms with Gasteiger partial charge < -0.3 is 28.4 Å². The third kappa shape index (κ3) is 6.29. The zero-order chi connectivity index (χ0) is 31.2. The molecule has 0 radical (unpaired) electrons. The third-order valence-electron chi connectivity index (χ3n) is 10.2.